The van der Waals surface area contributed by atoms with Gasteiger partial charge >= 0.3 is 0 Å². The van der Waals surface area contributed by atoms with Gasteiger partial charge in [0.15, 0.2) is 5.11 Å². The van der Waals surface area contributed by atoms with Crippen molar-refractivity contribution in [3.63, 3.8) is 0 Å². The highest BCUT2D eigenvalue weighted by atomic mass is 32.1. The normalized spacial score (nSPS) is 10.2. The van der Waals surface area contributed by atoms with E-state index in [1.165, 1.54) is 16.7 Å². The minimum atomic E-state index is 0.631. The Kier molecular flexibility index (Phi) is 6.23. The SMILES string of the molecule is COc1ccc(CCNC(=S)Nc2ccc(-c3ccccc3)cc2)cc1. The monoisotopic (exact) mass is 362 g/mol. The molecular formula is C22H22N2OS. The molecule has 3 aromatic rings. The summed E-state index contributed by atoms with van der Waals surface area (Å²) in [6, 6.07) is 26.7. The van der Waals surface area contributed by atoms with Crippen molar-refractivity contribution >= 4 is 23.0 Å². The fourth-order valence-electron chi connectivity index (χ4n) is 2.66. The maximum absolute atomic E-state index is 5.38. The van der Waals surface area contributed by atoms with Gasteiger partial charge in [-0.2, -0.15) is 0 Å². The molecule has 3 aromatic carbocycles. The first-order chi connectivity index (χ1) is 12.7. The first-order valence-electron chi connectivity index (χ1n) is 8.58. The maximum Gasteiger partial charge on any atom is 0.170 e. The van der Waals surface area contributed by atoms with Crippen LogP contribution in [0.3, 0.4) is 0 Å². The predicted octanol–water partition coefficient (Wildman–Crippen LogP) is 4.89. The van der Waals surface area contributed by atoms with Gasteiger partial charge in [-0.3, -0.25) is 0 Å². The molecule has 26 heavy (non-hydrogen) atoms. The van der Waals surface area contributed by atoms with Gasteiger partial charge in [-0.25, -0.2) is 0 Å². The van der Waals surface area contributed by atoms with Gasteiger partial charge < -0.3 is 15.4 Å². The van der Waals surface area contributed by atoms with Crippen molar-refractivity contribution in [3.05, 3.63) is 84.4 Å². The molecule has 0 atom stereocenters. The molecule has 0 aliphatic rings. The molecule has 0 saturated heterocycles. The molecule has 2 N–H and O–H groups in total. The van der Waals surface area contributed by atoms with Crippen molar-refractivity contribution in [1.29, 1.82) is 0 Å². The Morgan fingerprint density at radius 1 is 0.846 bits per heavy atom. The Hall–Kier alpha value is -2.85. The number of methoxy groups -OCH3 is 1. The van der Waals surface area contributed by atoms with E-state index >= 15 is 0 Å². The zero-order valence-corrected chi connectivity index (χ0v) is 15.6. The fraction of sp³-hybridized carbons (Fsp3) is 0.136. The first-order valence-corrected chi connectivity index (χ1v) is 8.99. The third-order valence-corrected chi connectivity index (χ3v) is 4.35. The lowest BCUT2D eigenvalue weighted by atomic mass is 10.1. The highest BCUT2D eigenvalue weighted by Crippen LogP contribution is 2.20. The summed E-state index contributed by atoms with van der Waals surface area (Å²) in [4.78, 5) is 0. The standard InChI is InChI=1S/C22H22N2OS/c1-25-21-13-7-17(8-14-21)15-16-23-22(26)24-20-11-9-19(10-12-20)18-5-3-2-4-6-18/h2-14H,15-16H2,1H3,(H2,23,24,26). The topological polar surface area (TPSA) is 33.3 Å². The molecule has 0 heterocycles. The molecule has 4 heteroatoms. The first kappa shape index (κ1) is 18.0. The summed E-state index contributed by atoms with van der Waals surface area (Å²) in [7, 11) is 1.67. The number of thiocarbonyl (C=S) groups is 1. The van der Waals surface area contributed by atoms with E-state index < -0.39 is 0 Å². The van der Waals surface area contributed by atoms with Crippen LogP contribution in [0.4, 0.5) is 5.69 Å². The van der Waals surface area contributed by atoms with Gasteiger partial charge in [0, 0.05) is 12.2 Å². The highest BCUT2D eigenvalue weighted by Gasteiger charge is 2.00. The van der Waals surface area contributed by atoms with Crippen LogP contribution in [-0.4, -0.2) is 18.8 Å². The predicted molar refractivity (Wildman–Crippen MR) is 113 cm³/mol. The van der Waals surface area contributed by atoms with Crippen molar-refractivity contribution in [1.82, 2.24) is 5.32 Å². The molecule has 3 nitrogen and oxygen atoms in total. The summed E-state index contributed by atoms with van der Waals surface area (Å²) < 4.78 is 5.17. The molecule has 0 amide bonds. The summed E-state index contributed by atoms with van der Waals surface area (Å²) in [6.45, 7) is 0.778. The molecule has 0 saturated carbocycles. The second kappa shape index (κ2) is 9.02. The summed E-state index contributed by atoms with van der Waals surface area (Å²) >= 11 is 5.38. The number of ether oxygens (including phenoxy) is 1. The van der Waals surface area contributed by atoms with Gasteiger partial charge in [-0.1, -0.05) is 54.6 Å². The van der Waals surface area contributed by atoms with Gasteiger partial charge in [0.25, 0.3) is 0 Å². The molecule has 0 spiro atoms. The van der Waals surface area contributed by atoms with Crippen LogP contribution in [-0.2, 0) is 6.42 Å². The van der Waals surface area contributed by atoms with Crippen LogP contribution in [0.25, 0.3) is 11.1 Å². The second-order valence-electron chi connectivity index (χ2n) is 5.92. The third-order valence-electron chi connectivity index (χ3n) is 4.11. The lowest BCUT2D eigenvalue weighted by molar-refractivity contribution is 0.414. The van der Waals surface area contributed by atoms with Gasteiger partial charge in [-0.15, -0.1) is 0 Å². The van der Waals surface area contributed by atoms with Crippen molar-refractivity contribution in [2.45, 2.75) is 6.42 Å². The van der Waals surface area contributed by atoms with Crippen LogP contribution >= 0.6 is 12.2 Å². The Morgan fingerprint density at radius 2 is 1.50 bits per heavy atom. The van der Waals surface area contributed by atoms with Gasteiger partial charge in [0.2, 0.25) is 0 Å². The average molecular weight is 362 g/mol. The van der Waals surface area contributed by atoms with Gasteiger partial charge in [-0.05, 0) is 59.6 Å². The fourth-order valence-corrected chi connectivity index (χ4v) is 2.88. The quantitative estimate of drug-likeness (QED) is 0.612. The minimum absolute atomic E-state index is 0.631. The number of nitrogens with one attached hydrogen (secondary N) is 2. The van der Waals surface area contributed by atoms with Crippen LogP contribution in [0, 0.1) is 0 Å². The number of benzene rings is 3. The van der Waals surface area contributed by atoms with E-state index in [-0.39, 0.29) is 0 Å². The van der Waals surface area contributed by atoms with Crippen molar-refractivity contribution in [3.8, 4) is 16.9 Å². The van der Waals surface area contributed by atoms with E-state index in [0.29, 0.717) is 5.11 Å². The van der Waals surface area contributed by atoms with Crippen molar-refractivity contribution in [2.24, 2.45) is 0 Å². The summed E-state index contributed by atoms with van der Waals surface area (Å²) in [5, 5.41) is 7.10. The van der Waals surface area contributed by atoms with Crippen LogP contribution in [0.1, 0.15) is 5.56 Å². The lowest BCUT2D eigenvalue weighted by Gasteiger charge is -2.11. The lowest BCUT2D eigenvalue weighted by Crippen LogP contribution is -2.30. The Balaban J connectivity index is 1.47. The van der Waals surface area contributed by atoms with Crippen LogP contribution in [0.2, 0.25) is 0 Å². The molecule has 0 fully saturated rings. The zero-order valence-electron chi connectivity index (χ0n) is 14.7. The number of hydrogen-bond donors (Lipinski definition) is 2. The third kappa shape index (κ3) is 5.07. The molecular weight excluding hydrogens is 340 g/mol. The summed E-state index contributed by atoms with van der Waals surface area (Å²) in [5.74, 6) is 0.873. The van der Waals surface area contributed by atoms with Crippen LogP contribution in [0.15, 0.2) is 78.9 Å². The van der Waals surface area contributed by atoms with E-state index in [1.54, 1.807) is 7.11 Å². The molecule has 0 aromatic heterocycles. The molecule has 0 unspecified atom stereocenters. The molecule has 3 rings (SSSR count). The zero-order chi connectivity index (χ0) is 18.2. The highest BCUT2D eigenvalue weighted by molar-refractivity contribution is 7.80. The van der Waals surface area contributed by atoms with Crippen molar-refractivity contribution in [2.75, 3.05) is 19.0 Å². The maximum atomic E-state index is 5.38. The number of rotatable bonds is 6. The van der Waals surface area contributed by atoms with Gasteiger partial charge in [0.1, 0.15) is 5.75 Å². The van der Waals surface area contributed by atoms with Crippen LogP contribution in [0.5, 0.6) is 5.75 Å². The summed E-state index contributed by atoms with van der Waals surface area (Å²) in [6.07, 6.45) is 0.902. The van der Waals surface area contributed by atoms with Crippen LogP contribution < -0.4 is 15.4 Å². The largest absolute Gasteiger partial charge is 0.497 e. The summed E-state index contributed by atoms with van der Waals surface area (Å²) in [5.41, 5.74) is 4.62. The van der Waals surface area contributed by atoms with Gasteiger partial charge in [0.05, 0.1) is 7.11 Å². The molecule has 0 bridgehead atoms. The Bertz CT molecular complexity index is 830. The van der Waals surface area contributed by atoms with E-state index in [4.69, 9.17) is 17.0 Å². The van der Waals surface area contributed by atoms with E-state index in [2.05, 4.69) is 47.0 Å². The Morgan fingerprint density at radius 3 is 2.15 bits per heavy atom. The molecule has 132 valence electrons. The van der Waals surface area contributed by atoms with Crippen molar-refractivity contribution < 1.29 is 4.74 Å². The van der Waals surface area contributed by atoms with E-state index in [1.807, 2.05) is 42.5 Å². The minimum Gasteiger partial charge on any atom is -0.497 e. The molecule has 0 aliphatic heterocycles. The molecule has 0 radical (unpaired) electrons. The Labute approximate surface area is 160 Å². The number of hydrogen-bond acceptors (Lipinski definition) is 2. The second-order valence-corrected chi connectivity index (χ2v) is 6.33. The smallest absolute Gasteiger partial charge is 0.170 e. The average Bonchev–Trinajstić information content (AvgIpc) is 2.70. The molecule has 0 aliphatic carbocycles. The van der Waals surface area contributed by atoms with E-state index in [0.717, 1.165) is 24.4 Å². The van der Waals surface area contributed by atoms with E-state index in [9.17, 15) is 0 Å². The number of anilines is 1.